The summed E-state index contributed by atoms with van der Waals surface area (Å²) in [5.74, 6) is 0. The van der Waals surface area contributed by atoms with Gasteiger partial charge in [-0.25, -0.2) is 0 Å². The molecule has 0 bridgehead atoms. The third kappa shape index (κ3) is 5.80. The van der Waals surface area contributed by atoms with Gasteiger partial charge in [0.25, 0.3) is 0 Å². The number of rotatable bonds is 4. The fourth-order valence-corrected chi connectivity index (χ4v) is 2.19. The van der Waals surface area contributed by atoms with Gasteiger partial charge in [0.15, 0.2) is 0 Å². The first-order valence-electron chi connectivity index (χ1n) is 8.03. The molecule has 0 heterocycles. The molecule has 120 valence electrons. The Bertz CT molecular complexity index is 523. The summed E-state index contributed by atoms with van der Waals surface area (Å²) in [4.78, 5) is 4.44. The summed E-state index contributed by atoms with van der Waals surface area (Å²) in [6, 6.07) is 17.2. The van der Waals surface area contributed by atoms with Gasteiger partial charge in [-0.15, -0.1) is 0 Å². The van der Waals surface area contributed by atoms with Crippen LogP contribution in [0.1, 0.15) is 25.0 Å². The molecule has 2 rings (SSSR count). The smallest absolute Gasteiger partial charge is 0.0366 e. The van der Waals surface area contributed by atoms with Gasteiger partial charge >= 0.3 is 0 Å². The highest BCUT2D eigenvalue weighted by Gasteiger charge is 1.98. The molecule has 0 unspecified atom stereocenters. The lowest BCUT2D eigenvalue weighted by molar-refractivity contribution is 0.866. The molecule has 2 heteroatoms. The Balaban J connectivity index is 0.000000224. The van der Waals surface area contributed by atoms with Crippen LogP contribution in [0.4, 0.5) is 11.4 Å². The Morgan fingerprint density at radius 2 is 1.00 bits per heavy atom. The number of hydrogen-bond donors (Lipinski definition) is 0. The molecule has 2 aromatic rings. The molecule has 0 aliphatic rings. The van der Waals surface area contributed by atoms with E-state index in [2.05, 4.69) is 86.0 Å². The molecular formula is C20H30N2. The van der Waals surface area contributed by atoms with E-state index < -0.39 is 0 Å². The Hall–Kier alpha value is -1.96. The van der Waals surface area contributed by atoms with E-state index in [1.807, 2.05) is 14.1 Å². The monoisotopic (exact) mass is 298 g/mol. The summed E-state index contributed by atoms with van der Waals surface area (Å²) in [5, 5.41) is 0. The maximum atomic E-state index is 2.35. The Morgan fingerprint density at radius 3 is 1.32 bits per heavy atom. The second-order valence-corrected chi connectivity index (χ2v) is 5.74. The van der Waals surface area contributed by atoms with E-state index in [0.717, 1.165) is 13.1 Å². The zero-order valence-electron chi connectivity index (χ0n) is 14.9. The minimum Gasteiger partial charge on any atom is -0.378 e. The van der Waals surface area contributed by atoms with Crippen molar-refractivity contribution in [3.8, 4) is 0 Å². The lowest BCUT2D eigenvalue weighted by Crippen LogP contribution is -2.21. The zero-order chi connectivity index (χ0) is 16.5. The zero-order valence-corrected chi connectivity index (χ0v) is 14.9. The fraction of sp³-hybridized carbons (Fsp3) is 0.400. The molecular weight excluding hydrogens is 268 g/mol. The molecule has 0 saturated heterocycles. The van der Waals surface area contributed by atoms with E-state index in [0.29, 0.717) is 0 Å². The summed E-state index contributed by atoms with van der Waals surface area (Å²) in [6.07, 6.45) is 0. The number of aryl methyl sites for hydroxylation is 2. The van der Waals surface area contributed by atoms with Crippen molar-refractivity contribution >= 4 is 11.4 Å². The highest BCUT2D eigenvalue weighted by Crippen LogP contribution is 2.14. The second-order valence-electron chi connectivity index (χ2n) is 5.74. The molecule has 0 aliphatic heterocycles. The van der Waals surface area contributed by atoms with Crippen LogP contribution in [0.3, 0.4) is 0 Å². The van der Waals surface area contributed by atoms with Gasteiger partial charge in [-0.1, -0.05) is 35.4 Å². The quantitative estimate of drug-likeness (QED) is 0.792. The minimum absolute atomic E-state index is 1.08. The van der Waals surface area contributed by atoms with Gasteiger partial charge in [0.2, 0.25) is 0 Å². The van der Waals surface area contributed by atoms with Crippen LogP contribution in [0, 0.1) is 13.8 Å². The Morgan fingerprint density at radius 1 is 0.636 bits per heavy atom. The van der Waals surface area contributed by atoms with E-state index in [-0.39, 0.29) is 0 Å². The SMILES string of the molecule is CCN(CC)c1ccc(C)cc1.Cc1ccc(N(C)C)cc1. The van der Waals surface area contributed by atoms with Crippen molar-refractivity contribution in [3.63, 3.8) is 0 Å². The molecule has 0 spiro atoms. The molecule has 22 heavy (non-hydrogen) atoms. The van der Waals surface area contributed by atoms with Crippen LogP contribution in [-0.4, -0.2) is 27.2 Å². The molecule has 0 atom stereocenters. The van der Waals surface area contributed by atoms with Gasteiger partial charge in [0.05, 0.1) is 0 Å². The van der Waals surface area contributed by atoms with Gasteiger partial charge in [0, 0.05) is 38.6 Å². The molecule has 0 N–H and O–H groups in total. The van der Waals surface area contributed by atoms with Crippen LogP contribution in [-0.2, 0) is 0 Å². The van der Waals surface area contributed by atoms with Crippen LogP contribution in [0.5, 0.6) is 0 Å². The maximum absolute atomic E-state index is 2.35. The first kappa shape index (κ1) is 18.1. The van der Waals surface area contributed by atoms with Crippen LogP contribution >= 0.6 is 0 Å². The number of hydrogen-bond acceptors (Lipinski definition) is 2. The lowest BCUT2D eigenvalue weighted by Gasteiger charge is -2.20. The average Bonchev–Trinajstić information content (AvgIpc) is 2.51. The molecule has 2 nitrogen and oxygen atoms in total. The first-order chi connectivity index (χ1) is 10.5. The minimum atomic E-state index is 1.08. The van der Waals surface area contributed by atoms with Crippen molar-refractivity contribution in [3.05, 3.63) is 59.7 Å². The standard InChI is InChI=1S/C11H17N.C9H13N/c1-4-12(5-2)11-8-6-10(3)7-9-11;1-8-4-6-9(7-5-8)10(2)3/h6-9H,4-5H2,1-3H3;4-7H,1-3H3. The predicted octanol–water partition coefficient (Wildman–Crippen LogP) is 4.90. The highest BCUT2D eigenvalue weighted by molar-refractivity contribution is 5.47. The Kier molecular flexibility index (Phi) is 7.51. The van der Waals surface area contributed by atoms with E-state index in [1.54, 1.807) is 0 Å². The van der Waals surface area contributed by atoms with Gasteiger partial charge in [-0.05, 0) is 52.0 Å². The van der Waals surface area contributed by atoms with Crippen LogP contribution in [0.25, 0.3) is 0 Å². The highest BCUT2D eigenvalue weighted by atomic mass is 15.1. The van der Waals surface area contributed by atoms with Crippen molar-refractivity contribution in [1.29, 1.82) is 0 Å². The Labute approximate surface area is 136 Å². The lowest BCUT2D eigenvalue weighted by atomic mass is 10.2. The van der Waals surface area contributed by atoms with Crippen molar-refractivity contribution < 1.29 is 0 Å². The first-order valence-corrected chi connectivity index (χ1v) is 8.03. The topological polar surface area (TPSA) is 6.48 Å². The molecule has 0 fully saturated rings. The molecule has 0 aromatic heterocycles. The van der Waals surface area contributed by atoms with Crippen LogP contribution in [0.2, 0.25) is 0 Å². The van der Waals surface area contributed by atoms with Gasteiger partial charge in [-0.3, -0.25) is 0 Å². The molecule has 0 radical (unpaired) electrons. The number of benzene rings is 2. The van der Waals surface area contributed by atoms with Crippen molar-refractivity contribution in [2.45, 2.75) is 27.7 Å². The third-order valence-corrected chi connectivity index (χ3v) is 3.71. The second kappa shape index (κ2) is 9.14. The van der Waals surface area contributed by atoms with E-state index in [1.165, 1.54) is 22.5 Å². The van der Waals surface area contributed by atoms with Gasteiger partial charge < -0.3 is 9.80 Å². The van der Waals surface area contributed by atoms with E-state index in [9.17, 15) is 0 Å². The molecule has 0 saturated carbocycles. The van der Waals surface area contributed by atoms with Crippen molar-refractivity contribution in [2.75, 3.05) is 37.0 Å². The summed E-state index contributed by atoms with van der Waals surface area (Å²) >= 11 is 0. The van der Waals surface area contributed by atoms with Crippen molar-refractivity contribution in [2.24, 2.45) is 0 Å². The van der Waals surface area contributed by atoms with Gasteiger partial charge in [0.1, 0.15) is 0 Å². The predicted molar refractivity (Wildman–Crippen MR) is 100 cm³/mol. The summed E-state index contributed by atoms with van der Waals surface area (Å²) in [6.45, 7) is 10.7. The molecule has 0 amide bonds. The van der Waals surface area contributed by atoms with E-state index >= 15 is 0 Å². The van der Waals surface area contributed by atoms with Crippen LogP contribution in [0.15, 0.2) is 48.5 Å². The summed E-state index contributed by atoms with van der Waals surface area (Å²) in [7, 11) is 4.09. The van der Waals surface area contributed by atoms with Gasteiger partial charge in [-0.2, -0.15) is 0 Å². The molecule has 0 aliphatic carbocycles. The fourth-order valence-electron chi connectivity index (χ4n) is 2.19. The largest absolute Gasteiger partial charge is 0.378 e. The summed E-state index contributed by atoms with van der Waals surface area (Å²) < 4.78 is 0. The number of anilines is 2. The maximum Gasteiger partial charge on any atom is 0.0366 e. The van der Waals surface area contributed by atoms with Crippen LogP contribution < -0.4 is 9.80 Å². The summed E-state index contributed by atoms with van der Waals surface area (Å²) in [5.41, 5.74) is 5.22. The third-order valence-electron chi connectivity index (χ3n) is 3.71. The number of nitrogens with zero attached hydrogens (tertiary/aromatic N) is 2. The molecule has 2 aromatic carbocycles. The average molecular weight is 298 g/mol. The normalized spacial score (nSPS) is 9.73. The van der Waals surface area contributed by atoms with E-state index in [4.69, 9.17) is 0 Å². The van der Waals surface area contributed by atoms with Crippen molar-refractivity contribution in [1.82, 2.24) is 0 Å².